The van der Waals surface area contributed by atoms with Crippen molar-refractivity contribution >= 4 is 17.6 Å². The molecule has 0 spiro atoms. The number of halogens is 1. The first kappa shape index (κ1) is 11.5. The molecule has 17 heavy (non-hydrogen) atoms. The van der Waals surface area contributed by atoms with Crippen molar-refractivity contribution in [1.82, 2.24) is 9.97 Å². The quantitative estimate of drug-likeness (QED) is 0.606. The zero-order valence-corrected chi connectivity index (χ0v) is 9.81. The van der Waals surface area contributed by atoms with Crippen molar-refractivity contribution in [2.24, 2.45) is 0 Å². The van der Waals surface area contributed by atoms with Gasteiger partial charge in [-0.25, -0.2) is 9.78 Å². The number of carbonyl (C=O) groups is 1. The number of hydrogen-bond donors (Lipinski definition) is 0. The molecule has 0 aliphatic rings. The van der Waals surface area contributed by atoms with Crippen LogP contribution in [0.15, 0.2) is 36.8 Å². The molecule has 86 valence electrons. The van der Waals surface area contributed by atoms with Crippen LogP contribution in [0.1, 0.15) is 16.1 Å². The molecule has 0 amide bonds. The number of aryl methyl sites for hydroxylation is 1. The maximum atomic E-state index is 11.7. The highest BCUT2D eigenvalue weighted by atomic mass is 35.5. The number of ether oxygens (including phenoxy) is 1. The molecule has 2 rings (SSSR count). The lowest BCUT2D eigenvalue weighted by Gasteiger charge is -2.06. The minimum absolute atomic E-state index is 0.144. The molecule has 0 saturated heterocycles. The number of carbonyl (C=O) groups excluding carboxylic acids is 1. The minimum atomic E-state index is -0.578. The van der Waals surface area contributed by atoms with Crippen molar-refractivity contribution in [3.05, 3.63) is 53.1 Å². The monoisotopic (exact) mass is 248 g/mol. The van der Waals surface area contributed by atoms with Crippen LogP contribution in [0.4, 0.5) is 0 Å². The molecule has 0 bridgehead atoms. The Hall–Kier alpha value is -1.94. The van der Waals surface area contributed by atoms with E-state index >= 15 is 0 Å². The number of esters is 1. The predicted octanol–water partition coefficient (Wildman–Crippen LogP) is 2.66. The Morgan fingerprint density at radius 2 is 2.18 bits per heavy atom. The number of benzene rings is 1. The molecule has 2 aromatic rings. The van der Waals surface area contributed by atoms with E-state index in [1.165, 1.54) is 18.6 Å². The van der Waals surface area contributed by atoms with Gasteiger partial charge in [-0.05, 0) is 24.6 Å². The van der Waals surface area contributed by atoms with Gasteiger partial charge in [-0.15, -0.1) is 0 Å². The molecule has 1 aromatic carbocycles. The molecule has 0 fully saturated rings. The fourth-order valence-electron chi connectivity index (χ4n) is 1.25. The summed E-state index contributed by atoms with van der Waals surface area (Å²) in [6.07, 6.45) is 4.25. The normalized spacial score (nSPS) is 10.0. The lowest BCUT2D eigenvalue weighted by Crippen LogP contribution is -2.11. The number of nitrogens with zero attached hydrogens (tertiary/aromatic N) is 2. The molecule has 0 atom stereocenters. The summed E-state index contributed by atoms with van der Waals surface area (Å²) in [4.78, 5) is 19.3. The van der Waals surface area contributed by atoms with Crippen LogP contribution in [0.25, 0.3) is 0 Å². The third-order valence-corrected chi connectivity index (χ3v) is 2.37. The summed E-state index contributed by atoms with van der Waals surface area (Å²) < 4.78 is 5.14. The third-order valence-electron chi connectivity index (χ3n) is 2.06. The van der Waals surface area contributed by atoms with Gasteiger partial charge in [-0.2, -0.15) is 0 Å². The molecule has 0 saturated carbocycles. The summed E-state index contributed by atoms with van der Waals surface area (Å²) in [5, 5.41) is 0.382. The van der Waals surface area contributed by atoms with Gasteiger partial charge < -0.3 is 4.74 Å². The van der Waals surface area contributed by atoms with Gasteiger partial charge in [0, 0.05) is 12.4 Å². The summed E-state index contributed by atoms with van der Waals surface area (Å²) in [6, 6.07) is 5.20. The van der Waals surface area contributed by atoms with E-state index in [4.69, 9.17) is 16.3 Å². The standard InChI is InChI=1S/C12H9ClN2O2/c1-8-2-3-9(13)11(6-8)17-12(16)10-7-14-4-5-15-10/h2-7H,1H3. The van der Waals surface area contributed by atoms with E-state index in [9.17, 15) is 4.79 Å². The van der Waals surface area contributed by atoms with Gasteiger partial charge >= 0.3 is 5.97 Å². The molecule has 0 aliphatic carbocycles. The molecule has 4 nitrogen and oxygen atoms in total. The lowest BCUT2D eigenvalue weighted by atomic mass is 10.2. The van der Waals surface area contributed by atoms with Crippen LogP contribution in [-0.2, 0) is 0 Å². The first-order valence-electron chi connectivity index (χ1n) is 4.91. The van der Waals surface area contributed by atoms with Gasteiger partial charge in [-0.3, -0.25) is 4.98 Å². The Balaban J connectivity index is 2.22. The van der Waals surface area contributed by atoms with Gasteiger partial charge in [0.15, 0.2) is 5.69 Å². The van der Waals surface area contributed by atoms with E-state index in [1.807, 2.05) is 13.0 Å². The van der Waals surface area contributed by atoms with E-state index in [0.29, 0.717) is 10.8 Å². The Bertz CT molecular complexity index is 543. The SMILES string of the molecule is Cc1ccc(Cl)c(OC(=O)c2cnccn2)c1. The largest absolute Gasteiger partial charge is 0.420 e. The zero-order valence-electron chi connectivity index (χ0n) is 9.05. The molecule has 0 radical (unpaired) electrons. The fourth-order valence-corrected chi connectivity index (χ4v) is 1.40. The van der Waals surface area contributed by atoms with Crippen LogP contribution >= 0.6 is 11.6 Å². The van der Waals surface area contributed by atoms with Crippen molar-refractivity contribution in [3.8, 4) is 5.75 Å². The van der Waals surface area contributed by atoms with Crippen LogP contribution in [0.3, 0.4) is 0 Å². The van der Waals surface area contributed by atoms with Gasteiger partial charge in [0.2, 0.25) is 0 Å². The molecular weight excluding hydrogens is 240 g/mol. The van der Waals surface area contributed by atoms with Crippen LogP contribution in [0.2, 0.25) is 5.02 Å². The van der Waals surface area contributed by atoms with E-state index in [0.717, 1.165) is 5.56 Å². The van der Waals surface area contributed by atoms with E-state index in [1.54, 1.807) is 12.1 Å². The smallest absolute Gasteiger partial charge is 0.363 e. The van der Waals surface area contributed by atoms with Crippen molar-refractivity contribution < 1.29 is 9.53 Å². The van der Waals surface area contributed by atoms with Crippen LogP contribution in [0.5, 0.6) is 5.75 Å². The van der Waals surface area contributed by atoms with E-state index in [-0.39, 0.29) is 5.69 Å². The van der Waals surface area contributed by atoms with Gasteiger partial charge in [0.1, 0.15) is 5.75 Å². The first-order valence-corrected chi connectivity index (χ1v) is 5.29. The second kappa shape index (κ2) is 4.93. The lowest BCUT2D eigenvalue weighted by molar-refractivity contribution is 0.0728. The summed E-state index contributed by atoms with van der Waals surface area (Å²) in [7, 11) is 0. The van der Waals surface area contributed by atoms with Crippen molar-refractivity contribution in [1.29, 1.82) is 0 Å². The van der Waals surface area contributed by atoms with Crippen molar-refractivity contribution in [2.75, 3.05) is 0 Å². The average Bonchev–Trinajstić information content (AvgIpc) is 2.35. The Morgan fingerprint density at radius 1 is 1.35 bits per heavy atom. The van der Waals surface area contributed by atoms with E-state index < -0.39 is 5.97 Å². The number of aromatic nitrogens is 2. The molecule has 0 aliphatic heterocycles. The van der Waals surface area contributed by atoms with E-state index in [2.05, 4.69) is 9.97 Å². The molecule has 0 N–H and O–H groups in total. The van der Waals surface area contributed by atoms with Crippen LogP contribution < -0.4 is 4.74 Å². The Kier molecular flexibility index (Phi) is 3.35. The first-order chi connectivity index (χ1) is 8.16. The highest BCUT2D eigenvalue weighted by Gasteiger charge is 2.12. The van der Waals surface area contributed by atoms with Crippen molar-refractivity contribution in [3.63, 3.8) is 0 Å². The zero-order chi connectivity index (χ0) is 12.3. The molecule has 5 heteroatoms. The Morgan fingerprint density at radius 3 is 2.88 bits per heavy atom. The molecule has 1 heterocycles. The second-order valence-electron chi connectivity index (χ2n) is 3.41. The van der Waals surface area contributed by atoms with Crippen LogP contribution in [0, 0.1) is 6.92 Å². The van der Waals surface area contributed by atoms with Gasteiger partial charge in [0.05, 0.1) is 11.2 Å². The fraction of sp³-hybridized carbons (Fsp3) is 0.0833. The maximum Gasteiger partial charge on any atom is 0.363 e. The van der Waals surface area contributed by atoms with Crippen molar-refractivity contribution in [2.45, 2.75) is 6.92 Å². The average molecular weight is 249 g/mol. The maximum absolute atomic E-state index is 11.7. The molecule has 0 unspecified atom stereocenters. The second-order valence-corrected chi connectivity index (χ2v) is 3.82. The third kappa shape index (κ3) is 2.79. The van der Waals surface area contributed by atoms with Gasteiger partial charge in [-0.1, -0.05) is 17.7 Å². The summed E-state index contributed by atoms with van der Waals surface area (Å²) in [6.45, 7) is 1.88. The predicted molar refractivity (Wildman–Crippen MR) is 63.2 cm³/mol. The number of rotatable bonds is 2. The number of hydrogen-bond acceptors (Lipinski definition) is 4. The highest BCUT2D eigenvalue weighted by Crippen LogP contribution is 2.25. The van der Waals surface area contributed by atoms with Crippen LogP contribution in [-0.4, -0.2) is 15.9 Å². The molecule has 1 aromatic heterocycles. The molecular formula is C12H9ClN2O2. The summed E-state index contributed by atoms with van der Waals surface area (Å²) >= 11 is 5.91. The topological polar surface area (TPSA) is 52.1 Å². The highest BCUT2D eigenvalue weighted by molar-refractivity contribution is 6.32. The minimum Gasteiger partial charge on any atom is -0.420 e. The van der Waals surface area contributed by atoms with Gasteiger partial charge in [0.25, 0.3) is 0 Å². The Labute approximate surface area is 103 Å². The summed E-state index contributed by atoms with van der Waals surface area (Å²) in [5.41, 5.74) is 1.10. The summed E-state index contributed by atoms with van der Waals surface area (Å²) in [5.74, 6) is -0.257.